The van der Waals surface area contributed by atoms with E-state index in [0.717, 1.165) is 0 Å². The van der Waals surface area contributed by atoms with Gasteiger partial charge in [0, 0.05) is 20.1 Å². The zero-order chi connectivity index (χ0) is 14.6. The number of aliphatic hydroxyl groups excluding tert-OH is 3. The first-order chi connectivity index (χ1) is 8.86. The zero-order valence-corrected chi connectivity index (χ0v) is 11.4. The molecular formula is C12H23NO6. The van der Waals surface area contributed by atoms with Gasteiger partial charge >= 0.3 is 0 Å². The van der Waals surface area contributed by atoms with E-state index in [9.17, 15) is 20.1 Å². The Morgan fingerprint density at radius 2 is 1.89 bits per heavy atom. The minimum absolute atomic E-state index is 0.0519. The van der Waals surface area contributed by atoms with Crippen LogP contribution in [0.4, 0.5) is 0 Å². The normalized spacial score (nSPS) is 35.4. The number of amides is 1. The van der Waals surface area contributed by atoms with E-state index in [2.05, 4.69) is 5.32 Å². The third-order valence-electron chi connectivity index (χ3n) is 2.99. The molecule has 7 nitrogen and oxygen atoms in total. The second kappa shape index (κ2) is 7.16. The van der Waals surface area contributed by atoms with Crippen LogP contribution in [0.3, 0.4) is 0 Å². The summed E-state index contributed by atoms with van der Waals surface area (Å²) < 4.78 is 10.2. The van der Waals surface area contributed by atoms with Crippen molar-refractivity contribution in [3.8, 4) is 0 Å². The maximum Gasteiger partial charge on any atom is 0.220 e. The minimum atomic E-state index is -1.37. The summed E-state index contributed by atoms with van der Waals surface area (Å²) in [6.45, 7) is 3.90. The van der Waals surface area contributed by atoms with Crippen molar-refractivity contribution in [1.29, 1.82) is 0 Å². The van der Waals surface area contributed by atoms with Crippen LogP contribution >= 0.6 is 0 Å². The van der Waals surface area contributed by atoms with Gasteiger partial charge in [-0.2, -0.15) is 0 Å². The molecule has 1 saturated heterocycles. The first kappa shape index (κ1) is 16.3. The van der Waals surface area contributed by atoms with Crippen LogP contribution in [0.2, 0.25) is 0 Å². The highest BCUT2D eigenvalue weighted by Crippen LogP contribution is 2.21. The summed E-state index contributed by atoms with van der Waals surface area (Å²) in [5.74, 6) is 0.0803. The van der Waals surface area contributed by atoms with Gasteiger partial charge in [0.2, 0.25) is 5.91 Å². The molecule has 7 heteroatoms. The van der Waals surface area contributed by atoms with Crippen LogP contribution in [-0.4, -0.2) is 65.6 Å². The van der Waals surface area contributed by atoms with Crippen LogP contribution in [0, 0.1) is 5.92 Å². The van der Waals surface area contributed by atoms with Crippen molar-refractivity contribution in [2.75, 3.05) is 13.7 Å². The van der Waals surface area contributed by atoms with Crippen LogP contribution in [0.1, 0.15) is 20.3 Å². The van der Waals surface area contributed by atoms with Crippen molar-refractivity contribution >= 4 is 5.91 Å². The fourth-order valence-electron chi connectivity index (χ4n) is 1.94. The SMILES string of the molecule is CO[C@H]1O[C@H](CNC(=O)CC(C)C)[C@@H](O)[C@H](O)[C@@H]1O. The van der Waals surface area contributed by atoms with Gasteiger partial charge in [0.1, 0.15) is 24.4 Å². The van der Waals surface area contributed by atoms with Crippen molar-refractivity contribution in [3.63, 3.8) is 0 Å². The number of hydrogen-bond donors (Lipinski definition) is 4. The van der Waals surface area contributed by atoms with E-state index in [1.165, 1.54) is 7.11 Å². The highest BCUT2D eigenvalue weighted by Gasteiger charge is 2.43. The molecular weight excluding hydrogens is 254 g/mol. The Morgan fingerprint density at radius 1 is 1.26 bits per heavy atom. The van der Waals surface area contributed by atoms with Crippen LogP contribution in [0.25, 0.3) is 0 Å². The van der Waals surface area contributed by atoms with Crippen molar-refractivity contribution in [2.24, 2.45) is 5.92 Å². The van der Waals surface area contributed by atoms with Crippen LogP contribution in [-0.2, 0) is 14.3 Å². The number of hydrogen-bond acceptors (Lipinski definition) is 6. The van der Waals surface area contributed by atoms with Crippen molar-refractivity contribution in [2.45, 2.75) is 51.0 Å². The molecule has 1 fully saturated rings. The Morgan fingerprint density at radius 3 is 2.42 bits per heavy atom. The first-order valence-electron chi connectivity index (χ1n) is 6.36. The number of methoxy groups -OCH3 is 1. The topological polar surface area (TPSA) is 108 Å². The number of carbonyl (C=O) groups excluding carboxylic acids is 1. The molecule has 0 saturated carbocycles. The smallest absolute Gasteiger partial charge is 0.220 e. The summed E-state index contributed by atoms with van der Waals surface area (Å²) in [6.07, 6.45) is -5.43. The summed E-state index contributed by atoms with van der Waals surface area (Å²) in [6, 6.07) is 0. The molecule has 4 N–H and O–H groups in total. The quantitative estimate of drug-likeness (QED) is 0.492. The van der Waals surface area contributed by atoms with Gasteiger partial charge in [0.05, 0.1) is 0 Å². The van der Waals surface area contributed by atoms with Gasteiger partial charge in [-0.05, 0) is 5.92 Å². The van der Waals surface area contributed by atoms with E-state index in [1.54, 1.807) is 0 Å². The van der Waals surface area contributed by atoms with Crippen LogP contribution < -0.4 is 5.32 Å². The van der Waals surface area contributed by atoms with Gasteiger partial charge in [0.25, 0.3) is 0 Å². The molecule has 5 atom stereocenters. The Kier molecular flexibility index (Phi) is 6.15. The van der Waals surface area contributed by atoms with Crippen molar-refractivity contribution in [1.82, 2.24) is 5.32 Å². The Labute approximate surface area is 112 Å². The van der Waals surface area contributed by atoms with E-state index >= 15 is 0 Å². The lowest BCUT2D eigenvalue weighted by Gasteiger charge is -2.39. The van der Waals surface area contributed by atoms with Gasteiger partial charge in [-0.15, -0.1) is 0 Å². The summed E-state index contributed by atoms with van der Waals surface area (Å²) >= 11 is 0. The number of ether oxygens (including phenoxy) is 2. The molecule has 0 aliphatic carbocycles. The molecule has 1 aliphatic heterocycles. The molecule has 0 aromatic rings. The van der Waals surface area contributed by atoms with Gasteiger partial charge in [0.15, 0.2) is 6.29 Å². The largest absolute Gasteiger partial charge is 0.388 e. The van der Waals surface area contributed by atoms with Gasteiger partial charge in [-0.25, -0.2) is 0 Å². The predicted molar refractivity (Wildman–Crippen MR) is 66.2 cm³/mol. The lowest BCUT2D eigenvalue weighted by molar-refractivity contribution is -0.288. The maximum atomic E-state index is 11.5. The van der Waals surface area contributed by atoms with E-state index in [1.807, 2.05) is 13.8 Å². The fraction of sp³-hybridized carbons (Fsp3) is 0.917. The number of rotatable bonds is 5. The molecule has 0 unspecified atom stereocenters. The van der Waals surface area contributed by atoms with E-state index in [-0.39, 0.29) is 18.4 Å². The van der Waals surface area contributed by atoms with E-state index in [4.69, 9.17) is 9.47 Å². The first-order valence-corrected chi connectivity index (χ1v) is 6.36. The molecule has 1 heterocycles. The summed E-state index contributed by atoms with van der Waals surface area (Å²) in [4.78, 5) is 11.5. The summed E-state index contributed by atoms with van der Waals surface area (Å²) in [7, 11) is 1.33. The van der Waals surface area contributed by atoms with Gasteiger partial charge in [-0.1, -0.05) is 13.8 Å². The van der Waals surface area contributed by atoms with Crippen molar-refractivity contribution < 1.29 is 29.6 Å². The van der Waals surface area contributed by atoms with Crippen LogP contribution in [0.15, 0.2) is 0 Å². The van der Waals surface area contributed by atoms with Gasteiger partial charge in [-0.3, -0.25) is 4.79 Å². The molecule has 0 bridgehead atoms. The Hall–Kier alpha value is -0.730. The average molecular weight is 277 g/mol. The lowest BCUT2D eigenvalue weighted by atomic mass is 9.98. The standard InChI is InChI=1S/C12H23NO6/c1-6(2)4-8(14)13-5-7-9(15)10(16)11(17)12(18-3)19-7/h6-7,9-12,15-17H,4-5H2,1-3H3,(H,13,14)/t7-,9-,10+,11+,12+/m1/s1. The third kappa shape index (κ3) is 4.39. The van der Waals surface area contributed by atoms with Crippen molar-refractivity contribution in [3.05, 3.63) is 0 Å². The Balaban J connectivity index is 2.50. The van der Waals surface area contributed by atoms with E-state index < -0.39 is 30.7 Å². The molecule has 1 aliphatic rings. The maximum absolute atomic E-state index is 11.5. The Bertz CT molecular complexity index is 296. The molecule has 0 spiro atoms. The average Bonchev–Trinajstić information content (AvgIpc) is 2.34. The van der Waals surface area contributed by atoms with Gasteiger partial charge < -0.3 is 30.1 Å². The molecule has 19 heavy (non-hydrogen) atoms. The molecule has 1 amide bonds. The molecule has 0 radical (unpaired) electrons. The zero-order valence-electron chi connectivity index (χ0n) is 11.4. The third-order valence-corrected chi connectivity index (χ3v) is 2.99. The molecule has 1 rings (SSSR count). The highest BCUT2D eigenvalue weighted by atomic mass is 16.7. The monoisotopic (exact) mass is 277 g/mol. The van der Waals surface area contributed by atoms with Crippen LogP contribution in [0.5, 0.6) is 0 Å². The number of nitrogens with one attached hydrogen (secondary N) is 1. The predicted octanol–water partition coefficient (Wildman–Crippen LogP) is -1.40. The minimum Gasteiger partial charge on any atom is -0.388 e. The highest BCUT2D eigenvalue weighted by molar-refractivity contribution is 5.76. The molecule has 0 aromatic heterocycles. The summed E-state index contributed by atoms with van der Waals surface area (Å²) in [5, 5.41) is 31.6. The molecule has 112 valence electrons. The number of carbonyl (C=O) groups is 1. The number of aliphatic hydroxyl groups is 3. The lowest BCUT2D eigenvalue weighted by Crippen LogP contribution is -2.60. The van der Waals surface area contributed by atoms with E-state index in [0.29, 0.717) is 6.42 Å². The fourth-order valence-corrected chi connectivity index (χ4v) is 1.94. The summed E-state index contributed by atoms with van der Waals surface area (Å²) in [5.41, 5.74) is 0. The second-order valence-corrected chi connectivity index (χ2v) is 5.15. The molecule has 0 aromatic carbocycles. The second-order valence-electron chi connectivity index (χ2n) is 5.15.